The molecule has 0 saturated carbocycles. The van der Waals surface area contributed by atoms with Gasteiger partial charge in [-0.05, 0) is 55.4 Å². The van der Waals surface area contributed by atoms with Crippen molar-refractivity contribution in [2.24, 2.45) is 0 Å². The Morgan fingerprint density at radius 1 is 1.03 bits per heavy atom. The van der Waals surface area contributed by atoms with Crippen molar-refractivity contribution < 1.29 is 29.6 Å². The molecule has 0 saturated heterocycles. The number of aliphatic carboxylic acids is 1. The number of hydrogen-bond donors (Lipinski definition) is 5. The smallest absolute Gasteiger partial charge is 0.321 e. The van der Waals surface area contributed by atoms with E-state index in [1.807, 2.05) is 13.8 Å². The molecule has 0 aliphatic heterocycles. The Morgan fingerprint density at radius 3 is 2.03 bits per heavy atom. The van der Waals surface area contributed by atoms with Gasteiger partial charge in [-0.15, -0.1) is 0 Å². The highest BCUT2D eigenvalue weighted by Crippen LogP contribution is 2.25. The minimum Gasteiger partial charge on any atom is -0.504 e. The second kappa shape index (κ2) is 13.8. The first-order valence-electron chi connectivity index (χ1n) is 9.09. The molecule has 1 amide bonds. The lowest BCUT2D eigenvalue weighted by Gasteiger charge is -2.11. The number of likely N-dealkylation sites (N-methyl/N-ethyl adjacent to an activating group) is 1. The molecular weight excluding hydrogens is 376 g/mol. The Balaban J connectivity index is 0.000000508. The lowest BCUT2D eigenvalue weighted by atomic mass is 10.1. The van der Waals surface area contributed by atoms with E-state index in [0.717, 1.165) is 11.4 Å². The van der Waals surface area contributed by atoms with Crippen LogP contribution in [0.5, 0.6) is 17.2 Å². The number of phenols is 2. The van der Waals surface area contributed by atoms with Crippen molar-refractivity contribution >= 4 is 17.6 Å². The average Bonchev–Trinajstić information content (AvgIpc) is 2.70. The average molecular weight is 406 g/mol. The summed E-state index contributed by atoms with van der Waals surface area (Å²) < 4.78 is 4.96. The van der Waals surface area contributed by atoms with Crippen LogP contribution in [0.2, 0.25) is 0 Å². The van der Waals surface area contributed by atoms with Gasteiger partial charge in [0.1, 0.15) is 11.8 Å². The van der Waals surface area contributed by atoms with Crippen molar-refractivity contribution in [1.82, 2.24) is 5.32 Å². The Labute approximate surface area is 171 Å². The van der Waals surface area contributed by atoms with Crippen LogP contribution < -0.4 is 15.4 Å². The van der Waals surface area contributed by atoms with E-state index < -0.39 is 12.0 Å². The summed E-state index contributed by atoms with van der Waals surface area (Å²) in [5.41, 5.74) is 1.43. The molecule has 0 aromatic heterocycles. The molecule has 0 radical (unpaired) electrons. The minimum atomic E-state index is -0.954. The highest BCUT2D eigenvalue weighted by atomic mass is 16.5. The third-order valence-electron chi connectivity index (χ3n) is 3.54. The Hall–Kier alpha value is -3.26. The minimum absolute atomic E-state index is 0.0693. The van der Waals surface area contributed by atoms with E-state index in [1.54, 1.807) is 44.5 Å². The van der Waals surface area contributed by atoms with Crippen LogP contribution in [0.3, 0.4) is 0 Å². The van der Waals surface area contributed by atoms with Gasteiger partial charge in [-0.2, -0.15) is 0 Å². The van der Waals surface area contributed by atoms with E-state index in [-0.39, 0.29) is 23.8 Å². The van der Waals surface area contributed by atoms with Crippen LogP contribution in [0.4, 0.5) is 5.69 Å². The Morgan fingerprint density at radius 2 is 1.62 bits per heavy atom. The van der Waals surface area contributed by atoms with Crippen molar-refractivity contribution in [2.75, 3.05) is 19.5 Å². The number of carboxylic acid groups (broad SMARTS) is 1. The summed E-state index contributed by atoms with van der Waals surface area (Å²) in [7, 11) is 3.16. The third kappa shape index (κ3) is 10.0. The number of aromatic hydroxyl groups is 2. The molecule has 0 unspecified atom stereocenters. The first kappa shape index (κ1) is 25.7. The lowest BCUT2D eigenvalue weighted by molar-refractivity contribution is -0.139. The van der Waals surface area contributed by atoms with Crippen LogP contribution in [0.25, 0.3) is 0 Å². The molecule has 160 valence electrons. The zero-order valence-corrected chi connectivity index (χ0v) is 17.4. The van der Waals surface area contributed by atoms with E-state index >= 15 is 0 Å². The molecule has 2 aromatic rings. The molecule has 8 heteroatoms. The van der Waals surface area contributed by atoms with Crippen molar-refractivity contribution in [3.8, 4) is 17.2 Å². The SMILES string of the molecule is CC.CN[C@@H](Cc1ccc(O)c(O)c1)C(=O)O.COc1ccc(NC(C)=O)cc1. The molecule has 2 rings (SSSR count). The van der Waals surface area contributed by atoms with Gasteiger partial charge in [0.2, 0.25) is 5.91 Å². The zero-order valence-electron chi connectivity index (χ0n) is 17.4. The summed E-state index contributed by atoms with van der Waals surface area (Å²) in [6.45, 7) is 5.48. The molecule has 2 aromatic carbocycles. The fourth-order valence-electron chi connectivity index (χ4n) is 2.12. The number of amides is 1. The van der Waals surface area contributed by atoms with E-state index in [4.69, 9.17) is 14.9 Å². The van der Waals surface area contributed by atoms with Gasteiger partial charge >= 0.3 is 5.97 Å². The summed E-state index contributed by atoms with van der Waals surface area (Å²) in [6.07, 6.45) is 0.250. The summed E-state index contributed by atoms with van der Waals surface area (Å²) in [6, 6.07) is 10.7. The number of carbonyl (C=O) groups excluding carboxylic acids is 1. The molecule has 8 nitrogen and oxygen atoms in total. The number of methoxy groups -OCH3 is 1. The predicted molar refractivity (Wildman–Crippen MR) is 113 cm³/mol. The van der Waals surface area contributed by atoms with Gasteiger partial charge in [0.25, 0.3) is 0 Å². The summed E-state index contributed by atoms with van der Waals surface area (Å²) in [5.74, 6) is -0.697. The summed E-state index contributed by atoms with van der Waals surface area (Å²) in [4.78, 5) is 21.3. The molecule has 1 atom stereocenters. The van der Waals surface area contributed by atoms with Crippen molar-refractivity contribution in [2.45, 2.75) is 33.2 Å². The van der Waals surface area contributed by atoms with Crippen LogP contribution >= 0.6 is 0 Å². The normalized spacial score (nSPS) is 10.4. The van der Waals surface area contributed by atoms with E-state index in [2.05, 4.69) is 10.6 Å². The highest BCUT2D eigenvalue weighted by molar-refractivity contribution is 5.88. The van der Waals surface area contributed by atoms with Gasteiger partial charge in [0.05, 0.1) is 7.11 Å². The maximum absolute atomic E-state index is 10.7. The van der Waals surface area contributed by atoms with Gasteiger partial charge < -0.3 is 30.7 Å². The van der Waals surface area contributed by atoms with Gasteiger partial charge in [-0.1, -0.05) is 19.9 Å². The van der Waals surface area contributed by atoms with Crippen LogP contribution in [-0.2, 0) is 16.0 Å². The molecule has 0 fully saturated rings. The molecule has 0 aliphatic rings. The van der Waals surface area contributed by atoms with Crippen LogP contribution in [0.1, 0.15) is 26.3 Å². The quantitative estimate of drug-likeness (QED) is 0.467. The molecule has 29 heavy (non-hydrogen) atoms. The first-order chi connectivity index (χ1) is 13.8. The van der Waals surface area contributed by atoms with Gasteiger partial charge in [-0.25, -0.2) is 0 Å². The van der Waals surface area contributed by atoms with Crippen molar-refractivity contribution in [1.29, 1.82) is 0 Å². The highest BCUT2D eigenvalue weighted by Gasteiger charge is 2.15. The standard InChI is InChI=1S/C10H13NO4.C9H11NO2.C2H6/c1-11-7(10(14)15)4-6-2-3-8(12)9(13)5-6;1-7(11)10-8-3-5-9(12-2)6-4-8;1-2/h2-3,5,7,11-13H,4H2,1H3,(H,14,15);3-6H,1-2H3,(H,10,11);1-2H3/t7-;;/m0../s1. The fraction of sp³-hybridized carbons (Fsp3) is 0.333. The molecule has 5 N–H and O–H groups in total. The third-order valence-corrected chi connectivity index (χ3v) is 3.54. The summed E-state index contributed by atoms with van der Waals surface area (Å²) >= 11 is 0. The van der Waals surface area contributed by atoms with Crippen molar-refractivity contribution in [3.05, 3.63) is 48.0 Å². The van der Waals surface area contributed by atoms with Crippen LogP contribution in [-0.4, -0.2) is 47.4 Å². The largest absolute Gasteiger partial charge is 0.504 e. The van der Waals surface area contributed by atoms with Gasteiger partial charge in [0.15, 0.2) is 11.5 Å². The van der Waals surface area contributed by atoms with E-state index in [9.17, 15) is 14.7 Å². The summed E-state index contributed by atoms with van der Waals surface area (Å²) in [5, 5.41) is 32.4. The van der Waals surface area contributed by atoms with Crippen LogP contribution in [0, 0.1) is 0 Å². The number of benzene rings is 2. The number of nitrogens with one attached hydrogen (secondary N) is 2. The fourth-order valence-corrected chi connectivity index (χ4v) is 2.12. The second-order valence-electron chi connectivity index (χ2n) is 5.62. The van der Waals surface area contributed by atoms with Crippen LogP contribution in [0.15, 0.2) is 42.5 Å². The first-order valence-corrected chi connectivity index (χ1v) is 9.09. The number of anilines is 1. The zero-order chi connectivity index (χ0) is 22.4. The molecule has 0 heterocycles. The maximum atomic E-state index is 10.7. The van der Waals surface area contributed by atoms with Gasteiger partial charge in [-0.3, -0.25) is 9.59 Å². The number of carboxylic acids is 1. The maximum Gasteiger partial charge on any atom is 0.321 e. The monoisotopic (exact) mass is 406 g/mol. The number of ether oxygens (including phenoxy) is 1. The number of phenolic OH excluding ortho intramolecular Hbond substituents is 2. The Kier molecular flexibility index (Phi) is 12.3. The number of carbonyl (C=O) groups is 2. The molecule has 0 bridgehead atoms. The lowest BCUT2D eigenvalue weighted by Crippen LogP contribution is -2.35. The molecular formula is C21H30N2O6. The second-order valence-corrected chi connectivity index (χ2v) is 5.62. The van der Waals surface area contributed by atoms with Gasteiger partial charge in [0, 0.05) is 12.6 Å². The van der Waals surface area contributed by atoms with Crippen molar-refractivity contribution in [3.63, 3.8) is 0 Å². The number of hydrogen-bond acceptors (Lipinski definition) is 6. The molecule has 0 spiro atoms. The van der Waals surface area contributed by atoms with E-state index in [0.29, 0.717) is 5.56 Å². The molecule has 0 aliphatic carbocycles. The predicted octanol–water partition coefficient (Wildman–Crippen LogP) is 2.99. The topological polar surface area (TPSA) is 128 Å². The Bertz CT molecular complexity index is 762. The van der Waals surface area contributed by atoms with E-state index in [1.165, 1.54) is 19.1 Å². The number of rotatable bonds is 6.